The van der Waals surface area contributed by atoms with Gasteiger partial charge in [-0.3, -0.25) is 0 Å². The number of rotatable bonds is 4. The molecule has 0 aliphatic heterocycles. The first-order valence-corrected chi connectivity index (χ1v) is 5.91. The molecule has 0 spiro atoms. The van der Waals surface area contributed by atoms with E-state index >= 15 is 0 Å². The largest absolute Gasteiger partial charge is 0.384 e. The Morgan fingerprint density at radius 1 is 1.41 bits per heavy atom. The van der Waals surface area contributed by atoms with Gasteiger partial charge in [-0.25, -0.2) is 4.68 Å². The lowest BCUT2D eigenvalue weighted by molar-refractivity contribution is 0.788. The zero-order chi connectivity index (χ0) is 11.7. The predicted octanol–water partition coefficient (Wildman–Crippen LogP) is 1.79. The average molecular weight is 229 g/mol. The summed E-state index contributed by atoms with van der Waals surface area (Å²) in [6.07, 6.45) is 4.33. The molecule has 1 aromatic heterocycles. The first-order chi connectivity index (χ1) is 8.33. The minimum absolute atomic E-state index is 0.867. The van der Waals surface area contributed by atoms with Crippen LogP contribution in [0.1, 0.15) is 18.4 Å². The van der Waals surface area contributed by atoms with Crippen molar-refractivity contribution in [1.29, 1.82) is 0 Å². The highest BCUT2D eigenvalue weighted by Crippen LogP contribution is 2.29. The molecule has 1 heterocycles. The van der Waals surface area contributed by atoms with Crippen molar-refractivity contribution in [3.8, 4) is 5.69 Å². The summed E-state index contributed by atoms with van der Waals surface area (Å²) in [5, 5.41) is 14.7. The van der Waals surface area contributed by atoms with E-state index in [1.54, 1.807) is 11.0 Å². The van der Waals surface area contributed by atoms with Crippen molar-refractivity contribution in [2.45, 2.75) is 19.8 Å². The van der Waals surface area contributed by atoms with Gasteiger partial charge in [-0.05, 0) is 53.8 Å². The molecular formula is C12H15N5. The molecule has 0 unspecified atom stereocenters. The van der Waals surface area contributed by atoms with Gasteiger partial charge in [-0.15, -0.1) is 5.10 Å². The van der Waals surface area contributed by atoms with E-state index in [1.807, 2.05) is 6.07 Å². The van der Waals surface area contributed by atoms with E-state index in [2.05, 4.69) is 39.9 Å². The Balaban J connectivity index is 1.83. The molecule has 0 amide bonds. The summed E-state index contributed by atoms with van der Waals surface area (Å²) >= 11 is 0. The number of anilines is 1. The van der Waals surface area contributed by atoms with Crippen molar-refractivity contribution in [3.63, 3.8) is 0 Å². The SMILES string of the molecule is Cc1ccc(-n2cnnn2)cc1NCC1CC1. The standard InChI is InChI=1S/C12H15N5/c1-9-2-5-11(17-8-14-15-16-17)6-12(9)13-7-10-3-4-10/h2,5-6,8,10,13H,3-4,7H2,1H3. The van der Waals surface area contributed by atoms with E-state index in [4.69, 9.17) is 0 Å². The van der Waals surface area contributed by atoms with Crippen molar-refractivity contribution in [2.24, 2.45) is 5.92 Å². The highest BCUT2D eigenvalue weighted by Gasteiger charge is 2.20. The topological polar surface area (TPSA) is 55.6 Å². The van der Waals surface area contributed by atoms with Gasteiger partial charge in [0, 0.05) is 12.2 Å². The van der Waals surface area contributed by atoms with Crippen LogP contribution in [0.5, 0.6) is 0 Å². The molecular weight excluding hydrogens is 214 g/mol. The summed E-state index contributed by atoms with van der Waals surface area (Å²) < 4.78 is 1.67. The van der Waals surface area contributed by atoms with E-state index in [0.717, 1.165) is 18.2 Å². The summed E-state index contributed by atoms with van der Waals surface area (Å²) in [6.45, 7) is 3.18. The maximum Gasteiger partial charge on any atom is 0.143 e. The zero-order valence-electron chi connectivity index (χ0n) is 9.80. The third kappa shape index (κ3) is 2.27. The van der Waals surface area contributed by atoms with Gasteiger partial charge >= 0.3 is 0 Å². The molecule has 0 saturated heterocycles. The van der Waals surface area contributed by atoms with Crippen LogP contribution in [0.15, 0.2) is 24.5 Å². The Kier molecular flexibility index (Phi) is 2.51. The fraction of sp³-hybridized carbons (Fsp3) is 0.417. The van der Waals surface area contributed by atoms with Crippen molar-refractivity contribution in [1.82, 2.24) is 20.2 Å². The van der Waals surface area contributed by atoms with Gasteiger partial charge in [0.2, 0.25) is 0 Å². The van der Waals surface area contributed by atoms with Gasteiger partial charge in [0.15, 0.2) is 0 Å². The van der Waals surface area contributed by atoms with Crippen LogP contribution in [0, 0.1) is 12.8 Å². The number of tetrazole rings is 1. The van der Waals surface area contributed by atoms with E-state index in [1.165, 1.54) is 24.1 Å². The van der Waals surface area contributed by atoms with Crippen LogP contribution in [0.2, 0.25) is 0 Å². The number of benzene rings is 1. The molecule has 1 saturated carbocycles. The highest BCUT2D eigenvalue weighted by molar-refractivity contribution is 5.56. The first-order valence-electron chi connectivity index (χ1n) is 5.91. The van der Waals surface area contributed by atoms with Crippen LogP contribution in [-0.4, -0.2) is 26.8 Å². The summed E-state index contributed by atoms with van der Waals surface area (Å²) in [7, 11) is 0. The zero-order valence-corrected chi connectivity index (χ0v) is 9.80. The number of nitrogens with one attached hydrogen (secondary N) is 1. The molecule has 1 fully saturated rings. The normalized spacial score (nSPS) is 14.9. The minimum atomic E-state index is 0.867. The molecule has 1 N–H and O–H groups in total. The van der Waals surface area contributed by atoms with Gasteiger partial charge in [-0.2, -0.15) is 0 Å². The van der Waals surface area contributed by atoms with Crippen LogP contribution in [0.4, 0.5) is 5.69 Å². The van der Waals surface area contributed by atoms with E-state index in [-0.39, 0.29) is 0 Å². The van der Waals surface area contributed by atoms with E-state index in [0.29, 0.717) is 0 Å². The van der Waals surface area contributed by atoms with E-state index < -0.39 is 0 Å². The molecule has 5 heteroatoms. The number of nitrogens with zero attached hydrogens (tertiary/aromatic N) is 4. The second-order valence-corrected chi connectivity index (χ2v) is 4.58. The molecule has 88 valence electrons. The van der Waals surface area contributed by atoms with Crippen LogP contribution in [0.25, 0.3) is 5.69 Å². The van der Waals surface area contributed by atoms with Gasteiger partial charge in [0.05, 0.1) is 5.69 Å². The van der Waals surface area contributed by atoms with Crippen LogP contribution >= 0.6 is 0 Å². The first kappa shape index (κ1) is 10.3. The number of hydrogen-bond acceptors (Lipinski definition) is 4. The molecule has 3 rings (SSSR count). The number of aryl methyl sites for hydroxylation is 1. The Morgan fingerprint density at radius 2 is 2.29 bits per heavy atom. The van der Waals surface area contributed by atoms with Gasteiger partial charge in [-0.1, -0.05) is 6.07 Å². The van der Waals surface area contributed by atoms with Gasteiger partial charge < -0.3 is 5.32 Å². The minimum Gasteiger partial charge on any atom is -0.384 e. The van der Waals surface area contributed by atoms with Crippen LogP contribution < -0.4 is 5.32 Å². The summed E-state index contributed by atoms with van der Waals surface area (Å²) in [6, 6.07) is 6.20. The summed E-state index contributed by atoms with van der Waals surface area (Å²) in [5.74, 6) is 0.867. The Labute approximate surface area is 99.8 Å². The van der Waals surface area contributed by atoms with Crippen molar-refractivity contribution >= 4 is 5.69 Å². The fourth-order valence-electron chi connectivity index (χ4n) is 1.80. The molecule has 17 heavy (non-hydrogen) atoms. The van der Waals surface area contributed by atoms with Gasteiger partial charge in [0.1, 0.15) is 6.33 Å². The quantitative estimate of drug-likeness (QED) is 0.868. The maximum atomic E-state index is 3.89. The van der Waals surface area contributed by atoms with Crippen molar-refractivity contribution in [2.75, 3.05) is 11.9 Å². The molecule has 1 aliphatic carbocycles. The second kappa shape index (κ2) is 4.16. The number of aromatic nitrogens is 4. The molecule has 0 atom stereocenters. The predicted molar refractivity (Wildman–Crippen MR) is 65.1 cm³/mol. The lowest BCUT2D eigenvalue weighted by atomic mass is 10.1. The Hall–Kier alpha value is -1.91. The second-order valence-electron chi connectivity index (χ2n) is 4.58. The summed E-state index contributed by atoms with van der Waals surface area (Å²) in [5.41, 5.74) is 3.41. The fourth-order valence-corrected chi connectivity index (χ4v) is 1.80. The molecule has 2 aromatic rings. The van der Waals surface area contributed by atoms with E-state index in [9.17, 15) is 0 Å². The molecule has 1 aliphatic rings. The summed E-state index contributed by atoms with van der Waals surface area (Å²) in [4.78, 5) is 0. The molecule has 5 nitrogen and oxygen atoms in total. The van der Waals surface area contributed by atoms with Crippen LogP contribution in [0.3, 0.4) is 0 Å². The monoisotopic (exact) mass is 229 g/mol. The lowest BCUT2D eigenvalue weighted by Gasteiger charge is -2.10. The van der Waals surface area contributed by atoms with Crippen molar-refractivity contribution < 1.29 is 0 Å². The van der Waals surface area contributed by atoms with Crippen LogP contribution in [-0.2, 0) is 0 Å². The smallest absolute Gasteiger partial charge is 0.143 e. The Morgan fingerprint density at radius 3 is 3.00 bits per heavy atom. The third-order valence-corrected chi connectivity index (χ3v) is 3.11. The molecule has 1 aromatic carbocycles. The van der Waals surface area contributed by atoms with Gasteiger partial charge in [0.25, 0.3) is 0 Å². The number of hydrogen-bond donors (Lipinski definition) is 1. The average Bonchev–Trinajstić information content (AvgIpc) is 3.00. The maximum absolute atomic E-state index is 3.89. The third-order valence-electron chi connectivity index (χ3n) is 3.11. The molecule has 0 bridgehead atoms. The molecule has 0 radical (unpaired) electrons. The highest BCUT2D eigenvalue weighted by atomic mass is 15.5. The Bertz CT molecular complexity index is 502. The lowest BCUT2D eigenvalue weighted by Crippen LogP contribution is -2.05. The van der Waals surface area contributed by atoms with Crippen molar-refractivity contribution in [3.05, 3.63) is 30.1 Å².